The molecular formula is C14H15N3O5. The third kappa shape index (κ3) is 3.05. The molecule has 8 nitrogen and oxygen atoms in total. The van der Waals surface area contributed by atoms with Gasteiger partial charge in [-0.2, -0.15) is 5.10 Å². The third-order valence-corrected chi connectivity index (χ3v) is 2.90. The van der Waals surface area contributed by atoms with Gasteiger partial charge in [-0.3, -0.25) is 10.1 Å². The fourth-order valence-corrected chi connectivity index (χ4v) is 1.95. The maximum absolute atomic E-state index is 11.2. The summed E-state index contributed by atoms with van der Waals surface area (Å²) in [6, 6.07) is 4.36. The van der Waals surface area contributed by atoms with Crippen LogP contribution in [0.1, 0.15) is 29.9 Å². The minimum atomic E-state index is -1.10. The number of nitro benzene ring substituents is 1. The maximum atomic E-state index is 11.2. The van der Waals surface area contributed by atoms with Crippen molar-refractivity contribution in [2.45, 2.75) is 26.9 Å². The summed E-state index contributed by atoms with van der Waals surface area (Å²) in [6.07, 6.45) is 1.12. The summed E-state index contributed by atoms with van der Waals surface area (Å²) in [5.74, 6) is -0.941. The van der Waals surface area contributed by atoms with Crippen LogP contribution in [0.3, 0.4) is 0 Å². The SMILES string of the molecule is Cc1nn(-c2ccc(OC(C)C)c([N+](=O)[O-])c2)cc1C(=O)O. The monoisotopic (exact) mass is 305 g/mol. The standard InChI is InChI=1S/C14H15N3O5/c1-8(2)22-13-5-4-10(6-12(13)17(20)21)16-7-11(14(18)19)9(3)15-16/h4-8H,1-3H3,(H,18,19). The highest BCUT2D eigenvalue weighted by Gasteiger charge is 2.19. The molecule has 116 valence electrons. The molecule has 0 saturated heterocycles. The van der Waals surface area contributed by atoms with E-state index in [-0.39, 0.29) is 23.1 Å². The number of aromatic nitrogens is 2. The van der Waals surface area contributed by atoms with Crippen LogP contribution in [0.15, 0.2) is 24.4 Å². The first kappa shape index (κ1) is 15.5. The molecule has 2 aromatic rings. The summed E-state index contributed by atoms with van der Waals surface area (Å²) in [4.78, 5) is 21.7. The lowest BCUT2D eigenvalue weighted by atomic mass is 10.2. The molecule has 1 N–H and O–H groups in total. The molecule has 0 bridgehead atoms. The lowest BCUT2D eigenvalue weighted by Crippen LogP contribution is -2.08. The number of nitrogens with zero attached hydrogens (tertiary/aromatic N) is 3. The smallest absolute Gasteiger partial charge is 0.339 e. The van der Waals surface area contributed by atoms with Crippen LogP contribution in [0.25, 0.3) is 5.69 Å². The Bertz CT molecular complexity index is 736. The van der Waals surface area contributed by atoms with Crippen LogP contribution in [-0.2, 0) is 0 Å². The predicted octanol–water partition coefficient (Wildman–Crippen LogP) is 2.57. The fraction of sp³-hybridized carbons (Fsp3) is 0.286. The number of hydrogen-bond acceptors (Lipinski definition) is 5. The third-order valence-electron chi connectivity index (χ3n) is 2.90. The Morgan fingerprint density at radius 3 is 2.64 bits per heavy atom. The molecule has 0 amide bonds. The Labute approximate surface area is 126 Å². The molecule has 0 atom stereocenters. The van der Waals surface area contributed by atoms with E-state index in [0.717, 1.165) is 0 Å². The molecule has 1 aromatic carbocycles. The van der Waals surface area contributed by atoms with Gasteiger partial charge in [0.05, 0.1) is 22.4 Å². The average molecular weight is 305 g/mol. The Hall–Kier alpha value is -2.90. The minimum absolute atomic E-state index is 0.0464. The second-order valence-electron chi connectivity index (χ2n) is 4.95. The van der Waals surface area contributed by atoms with Gasteiger partial charge in [-0.25, -0.2) is 9.48 Å². The van der Waals surface area contributed by atoms with Crippen molar-refractivity contribution in [2.24, 2.45) is 0 Å². The van der Waals surface area contributed by atoms with E-state index in [1.54, 1.807) is 26.8 Å². The van der Waals surface area contributed by atoms with Gasteiger partial charge in [-0.05, 0) is 32.9 Å². The van der Waals surface area contributed by atoms with E-state index in [4.69, 9.17) is 9.84 Å². The largest absolute Gasteiger partial charge is 0.484 e. The summed E-state index contributed by atoms with van der Waals surface area (Å²) >= 11 is 0. The van der Waals surface area contributed by atoms with Gasteiger partial charge in [0.15, 0.2) is 5.75 Å². The number of hydrogen-bond donors (Lipinski definition) is 1. The van der Waals surface area contributed by atoms with Gasteiger partial charge in [-0.15, -0.1) is 0 Å². The van der Waals surface area contributed by atoms with Crippen LogP contribution in [0.2, 0.25) is 0 Å². The number of nitro groups is 1. The Balaban J connectivity index is 2.49. The Kier molecular flexibility index (Phi) is 4.11. The molecule has 0 aliphatic heterocycles. The topological polar surface area (TPSA) is 107 Å². The van der Waals surface area contributed by atoms with Crippen molar-refractivity contribution in [1.82, 2.24) is 9.78 Å². The van der Waals surface area contributed by atoms with Gasteiger partial charge in [-0.1, -0.05) is 0 Å². The van der Waals surface area contributed by atoms with Crippen molar-refractivity contribution in [3.63, 3.8) is 0 Å². The molecule has 0 radical (unpaired) electrons. The van der Waals surface area contributed by atoms with Crippen LogP contribution in [0, 0.1) is 17.0 Å². The molecule has 2 rings (SSSR count). The molecule has 0 unspecified atom stereocenters. The maximum Gasteiger partial charge on any atom is 0.339 e. The van der Waals surface area contributed by atoms with Crippen LogP contribution in [0.5, 0.6) is 5.75 Å². The number of aryl methyl sites for hydroxylation is 1. The van der Waals surface area contributed by atoms with E-state index in [1.165, 1.54) is 23.0 Å². The normalized spacial score (nSPS) is 10.7. The van der Waals surface area contributed by atoms with Gasteiger partial charge in [0.1, 0.15) is 5.56 Å². The van der Waals surface area contributed by atoms with Crippen molar-refractivity contribution in [1.29, 1.82) is 0 Å². The summed E-state index contributed by atoms with van der Waals surface area (Å²) in [5.41, 5.74) is 0.567. The zero-order valence-electron chi connectivity index (χ0n) is 12.3. The first-order valence-corrected chi connectivity index (χ1v) is 6.54. The summed E-state index contributed by atoms with van der Waals surface area (Å²) in [7, 11) is 0. The molecule has 0 spiro atoms. The lowest BCUT2D eigenvalue weighted by Gasteiger charge is -2.10. The molecule has 0 fully saturated rings. The molecule has 22 heavy (non-hydrogen) atoms. The van der Waals surface area contributed by atoms with E-state index in [0.29, 0.717) is 11.4 Å². The van der Waals surface area contributed by atoms with E-state index in [9.17, 15) is 14.9 Å². The van der Waals surface area contributed by atoms with Gasteiger partial charge in [0.25, 0.3) is 0 Å². The Morgan fingerprint density at radius 1 is 1.45 bits per heavy atom. The van der Waals surface area contributed by atoms with Gasteiger partial charge in [0, 0.05) is 12.3 Å². The molecular weight excluding hydrogens is 290 g/mol. The van der Waals surface area contributed by atoms with Crippen molar-refractivity contribution < 1.29 is 19.6 Å². The summed E-state index contributed by atoms with van der Waals surface area (Å²) in [5, 5.41) is 24.3. The van der Waals surface area contributed by atoms with E-state index in [2.05, 4.69) is 5.10 Å². The quantitative estimate of drug-likeness (QED) is 0.672. The molecule has 0 aliphatic carbocycles. The van der Waals surface area contributed by atoms with Gasteiger partial charge < -0.3 is 9.84 Å². The zero-order chi connectivity index (χ0) is 16.4. The number of benzene rings is 1. The lowest BCUT2D eigenvalue weighted by molar-refractivity contribution is -0.386. The van der Waals surface area contributed by atoms with Crippen LogP contribution in [-0.4, -0.2) is 31.9 Å². The highest BCUT2D eigenvalue weighted by Crippen LogP contribution is 2.30. The number of rotatable bonds is 5. The number of carboxylic acid groups (broad SMARTS) is 1. The van der Waals surface area contributed by atoms with Crippen molar-refractivity contribution >= 4 is 11.7 Å². The number of ether oxygens (including phenoxy) is 1. The van der Waals surface area contributed by atoms with Crippen molar-refractivity contribution in [3.8, 4) is 11.4 Å². The van der Waals surface area contributed by atoms with Crippen LogP contribution >= 0.6 is 0 Å². The van der Waals surface area contributed by atoms with Crippen LogP contribution < -0.4 is 4.74 Å². The van der Waals surface area contributed by atoms with E-state index < -0.39 is 10.9 Å². The van der Waals surface area contributed by atoms with Gasteiger partial charge >= 0.3 is 11.7 Å². The summed E-state index contributed by atoms with van der Waals surface area (Å²) in [6.45, 7) is 5.10. The minimum Gasteiger partial charge on any atom is -0.484 e. The number of aromatic carboxylic acids is 1. The fourth-order valence-electron chi connectivity index (χ4n) is 1.95. The van der Waals surface area contributed by atoms with E-state index >= 15 is 0 Å². The second kappa shape index (κ2) is 5.84. The molecule has 0 saturated carbocycles. The van der Waals surface area contributed by atoms with Gasteiger partial charge in [0.2, 0.25) is 0 Å². The van der Waals surface area contributed by atoms with Crippen LogP contribution in [0.4, 0.5) is 5.69 Å². The molecule has 1 aromatic heterocycles. The number of carbonyl (C=O) groups is 1. The highest BCUT2D eigenvalue weighted by atomic mass is 16.6. The first-order chi connectivity index (χ1) is 10.3. The predicted molar refractivity (Wildman–Crippen MR) is 77.7 cm³/mol. The van der Waals surface area contributed by atoms with Crippen molar-refractivity contribution in [3.05, 3.63) is 45.8 Å². The second-order valence-corrected chi connectivity index (χ2v) is 4.95. The number of carboxylic acids is 1. The average Bonchev–Trinajstić information content (AvgIpc) is 2.80. The molecule has 1 heterocycles. The molecule has 8 heteroatoms. The molecule has 0 aliphatic rings. The first-order valence-electron chi connectivity index (χ1n) is 6.54. The zero-order valence-corrected chi connectivity index (χ0v) is 12.3. The van der Waals surface area contributed by atoms with E-state index in [1.807, 2.05) is 0 Å². The van der Waals surface area contributed by atoms with Crippen molar-refractivity contribution in [2.75, 3.05) is 0 Å². The highest BCUT2D eigenvalue weighted by molar-refractivity contribution is 5.88. The Morgan fingerprint density at radius 2 is 2.14 bits per heavy atom. The summed E-state index contributed by atoms with van der Waals surface area (Å²) < 4.78 is 6.70.